The van der Waals surface area contributed by atoms with Crippen LogP contribution in [-0.4, -0.2) is 262 Å². The Bertz CT molecular complexity index is 1190. The highest BCUT2D eigenvalue weighted by Gasteiger charge is 2.56. The second-order valence-electron chi connectivity index (χ2n) is 13.9. The van der Waals surface area contributed by atoms with Crippen molar-refractivity contribution in [2.45, 2.75) is 160 Å². The van der Waals surface area contributed by atoms with Crippen LogP contribution in [0, 0.1) is 0 Å². The molecule has 0 unspecified atom stereocenters. The van der Waals surface area contributed by atoms with Gasteiger partial charge in [0.25, 0.3) is 0 Å². The monoisotopic (exact) mass is 812 g/mol. The van der Waals surface area contributed by atoms with E-state index in [1.54, 1.807) is 0 Å². The van der Waals surface area contributed by atoms with Gasteiger partial charge in [-0.15, -0.1) is 0 Å². The van der Waals surface area contributed by atoms with E-state index in [0.717, 1.165) is 0 Å². The Labute approximate surface area is 311 Å². The fourth-order valence-corrected chi connectivity index (χ4v) is 6.98. The molecule has 0 amide bonds. The molecule has 25 atom stereocenters. The van der Waals surface area contributed by atoms with Crippen molar-refractivity contribution in [1.82, 2.24) is 0 Å². The molecular formula is C30H52O25. The van der Waals surface area contributed by atoms with Gasteiger partial charge in [-0.25, -0.2) is 0 Å². The van der Waals surface area contributed by atoms with Gasteiger partial charge in [-0.1, -0.05) is 0 Å². The van der Waals surface area contributed by atoms with Gasteiger partial charge < -0.3 is 124 Å². The third-order valence-electron chi connectivity index (χ3n) is 10.3. The molecule has 5 aliphatic heterocycles. The molecule has 0 aromatic carbocycles. The van der Waals surface area contributed by atoms with Crippen LogP contribution in [0.1, 0.15) is 6.92 Å². The molecule has 5 saturated heterocycles. The zero-order chi connectivity index (χ0) is 40.6. The van der Waals surface area contributed by atoms with Crippen LogP contribution in [0.4, 0.5) is 0 Å². The molecule has 5 fully saturated rings. The minimum Gasteiger partial charge on any atom is -0.394 e. The maximum atomic E-state index is 11.1. The van der Waals surface area contributed by atoms with Gasteiger partial charge in [0.2, 0.25) is 0 Å². The van der Waals surface area contributed by atoms with Crippen molar-refractivity contribution in [3.8, 4) is 0 Å². The van der Waals surface area contributed by atoms with Crippen molar-refractivity contribution in [3.63, 3.8) is 0 Å². The molecule has 0 bridgehead atoms. The molecule has 25 nitrogen and oxygen atoms in total. The second-order valence-corrected chi connectivity index (χ2v) is 13.9. The topological polar surface area (TPSA) is 407 Å². The van der Waals surface area contributed by atoms with Crippen molar-refractivity contribution < 1.29 is 124 Å². The smallest absolute Gasteiger partial charge is 0.187 e. The van der Waals surface area contributed by atoms with Crippen molar-refractivity contribution in [2.24, 2.45) is 0 Å². The predicted octanol–water partition coefficient (Wildman–Crippen LogP) is -10.9. The van der Waals surface area contributed by atoms with Crippen molar-refractivity contribution in [3.05, 3.63) is 0 Å². The Morgan fingerprint density at radius 2 is 0.673 bits per heavy atom. The molecule has 16 N–H and O–H groups in total. The molecule has 55 heavy (non-hydrogen) atoms. The normalized spacial score (nSPS) is 53.9. The number of ether oxygens (including phenoxy) is 9. The first kappa shape index (κ1) is 45.1. The average Bonchev–Trinajstić information content (AvgIpc) is 3.17. The molecule has 5 heterocycles. The SMILES string of the molecule is C[C@@H]1O[C@@H](O[C@H]2[C@H](O)[C@@H](CO)O[C@@H](O)[C@@H]2O[C@@H]2O[C@H](CO)[C@@H](O[C@@H]3O[C@H](CO)[C@H](O)[C@H](O)[C@H]3O)[C@H](O)[C@H]2O)[C@H](O)[C@H](O)[C@H]1O[C@@H]1O[C@H](CO)[C@@H](O)[C@H](O)[C@H]1O. The highest BCUT2D eigenvalue weighted by molar-refractivity contribution is 4.98. The summed E-state index contributed by atoms with van der Waals surface area (Å²) in [5, 5.41) is 166. The van der Waals surface area contributed by atoms with E-state index in [0.29, 0.717) is 0 Å². The molecule has 322 valence electrons. The zero-order valence-electron chi connectivity index (χ0n) is 29.1. The van der Waals surface area contributed by atoms with Crippen molar-refractivity contribution >= 4 is 0 Å². The van der Waals surface area contributed by atoms with Crippen LogP contribution in [0.5, 0.6) is 0 Å². The van der Waals surface area contributed by atoms with Crippen LogP contribution in [-0.2, 0) is 42.6 Å². The maximum absolute atomic E-state index is 11.1. The first-order valence-electron chi connectivity index (χ1n) is 17.5. The van der Waals surface area contributed by atoms with E-state index in [-0.39, 0.29) is 0 Å². The Morgan fingerprint density at radius 1 is 0.327 bits per heavy atom. The zero-order valence-corrected chi connectivity index (χ0v) is 29.1. The lowest BCUT2D eigenvalue weighted by atomic mass is 9.95. The summed E-state index contributed by atoms with van der Waals surface area (Å²) in [4.78, 5) is 0. The van der Waals surface area contributed by atoms with Crippen LogP contribution in [0.3, 0.4) is 0 Å². The first-order chi connectivity index (χ1) is 26.0. The molecule has 0 saturated carbocycles. The van der Waals surface area contributed by atoms with Crippen molar-refractivity contribution in [2.75, 3.05) is 26.4 Å². The number of aliphatic hydroxyl groups excluding tert-OH is 16. The first-order valence-corrected chi connectivity index (χ1v) is 17.5. The quantitative estimate of drug-likeness (QED) is 0.0870. The number of hydrogen-bond acceptors (Lipinski definition) is 25. The largest absolute Gasteiger partial charge is 0.394 e. The molecular weight excluding hydrogens is 760 g/mol. The fraction of sp³-hybridized carbons (Fsp3) is 1.00. The molecule has 0 aliphatic carbocycles. The summed E-state index contributed by atoms with van der Waals surface area (Å²) < 4.78 is 49.7. The van der Waals surface area contributed by atoms with Gasteiger partial charge in [0, 0.05) is 0 Å². The third-order valence-corrected chi connectivity index (χ3v) is 10.3. The highest BCUT2D eigenvalue weighted by atomic mass is 16.8. The van der Waals surface area contributed by atoms with E-state index in [1.165, 1.54) is 6.92 Å². The number of hydrogen-bond donors (Lipinski definition) is 16. The van der Waals surface area contributed by atoms with E-state index >= 15 is 0 Å². The molecule has 0 spiro atoms. The van der Waals surface area contributed by atoms with Gasteiger partial charge in [-0.2, -0.15) is 0 Å². The lowest BCUT2D eigenvalue weighted by molar-refractivity contribution is -0.399. The van der Waals surface area contributed by atoms with Gasteiger partial charge in [-0.3, -0.25) is 0 Å². The molecule has 0 aromatic heterocycles. The van der Waals surface area contributed by atoms with E-state index in [2.05, 4.69) is 0 Å². The lowest BCUT2D eigenvalue weighted by Gasteiger charge is -2.49. The lowest BCUT2D eigenvalue weighted by Crippen LogP contribution is -2.68. The predicted molar refractivity (Wildman–Crippen MR) is 165 cm³/mol. The molecule has 5 rings (SSSR count). The van der Waals surface area contributed by atoms with Gasteiger partial charge in [0.15, 0.2) is 31.5 Å². The molecule has 5 aliphatic rings. The van der Waals surface area contributed by atoms with Gasteiger partial charge in [-0.05, 0) is 6.92 Å². The highest BCUT2D eigenvalue weighted by Crippen LogP contribution is 2.35. The summed E-state index contributed by atoms with van der Waals surface area (Å²) in [7, 11) is 0. The Kier molecular flexibility index (Phi) is 15.5. The van der Waals surface area contributed by atoms with Crippen LogP contribution >= 0.6 is 0 Å². The van der Waals surface area contributed by atoms with E-state index in [1.807, 2.05) is 0 Å². The van der Waals surface area contributed by atoms with Crippen LogP contribution in [0.25, 0.3) is 0 Å². The standard InChI is InChI=1S/C30H52O25/c1-6-22(52-28-18(42)14(38)11(35)7(2-31)49-28)16(40)20(44)27(47-6)54-24-13(37)9(4-33)48-26(46)25(24)55-30-21(45)17(41)23(10(5-34)51-30)53-29-19(43)15(39)12(36)8(3-32)50-29/h6-46H,2-5H2,1H3/t6-,7+,8+,9+,10+,11+,12-,13+,14-,15-,16-,17+,18+,19+,20+,21+,22-,23+,24-,25+,26+,27-,28-,29-,30-/m0/s1. The van der Waals surface area contributed by atoms with E-state index < -0.39 is 180 Å². The molecule has 0 aromatic rings. The van der Waals surface area contributed by atoms with Crippen LogP contribution < -0.4 is 0 Å². The minimum absolute atomic E-state index is 0.779. The maximum Gasteiger partial charge on any atom is 0.187 e. The number of aliphatic hydroxyl groups is 16. The second kappa shape index (κ2) is 18.9. The summed E-state index contributed by atoms with van der Waals surface area (Å²) >= 11 is 0. The minimum atomic E-state index is -2.11. The Morgan fingerprint density at radius 3 is 1.15 bits per heavy atom. The van der Waals surface area contributed by atoms with Crippen LogP contribution in [0.2, 0.25) is 0 Å². The average molecular weight is 813 g/mol. The summed E-state index contributed by atoms with van der Waals surface area (Å²) in [6.45, 7) is -2.11. The molecule has 0 radical (unpaired) electrons. The van der Waals surface area contributed by atoms with Gasteiger partial charge >= 0.3 is 0 Å². The van der Waals surface area contributed by atoms with Gasteiger partial charge in [0.05, 0.1) is 32.5 Å². The molecule has 25 heteroatoms. The summed E-state index contributed by atoms with van der Waals surface area (Å²) in [5.41, 5.74) is 0. The Balaban J connectivity index is 1.29. The Hall–Kier alpha value is -1.00. The van der Waals surface area contributed by atoms with Crippen LogP contribution in [0.15, 0.2) is 0 Å². The van der Waals surface area contributed by atoms with Crippen molar-refractivity contribution in [1.29, 1.82) is 0 Å². The number of rotatable bonds is 12. The summed E-state index contributed by atoms with van der Waals surface area (Å²) in [6.07, 6.45) is -44.7. The fourth-order valence-electron chi connectivity index (χ4n) is 6.98. The summed E-state index contributed by atoms with van der Waals surface area (Å²) in [6, 6.07) is 0. The summed E-state index contributed by atoms with van der Waals surface area (Å²) in [5.74, 6) is 0. The van der Waals surface area contributed by atoms with E-state index in [9.17, 15) is 81.7 Å². The van der Waals surface area contributed by atoms with E-state index in [4.69, 9.17) is 42.6 Å². The van der Waals surface area contributed by atoms with Gasteiger partial charge in [0.1, 0.15) is 116 Å². The third kappa shape index (κ3) is 9.11.